The van der Waals surface area contributed by atoms with E-state index in [0.29, 0.717) is 0 Å². The van der Waals surface area contributed by atoms with Crippen LogP contribution in [0.15, 0.2) is 0 Å². The van der Waals surface area contributed by atoms with Gasteiger partial charge in [-0.3, -0.25) is 0 Å². The fourth-order valence-electron chi connectivity index (χ4n) is 6.37. The summed E-state index contributed by atoms with van der Waals surface area (Å²) in [6.07, 6.45) is 3.19. The highest BCUT2D eigenvalue weighted by atomic mass is 14.9. The van der Waals surface area contributed by atoms with Crippen LogP contribution in [0, 0.1) is 40.4 Å². The van der Waals surface area contributed by atoms with Crippen molar-refractivity contribution in [2.24, 2.45) is 40.4 Å². The highest BCUT2D eigenvalue weighted by Crippen LogP contribution is 2.95. The average molecular weight is 222 g/mol. The van der Waals surface area contributed by atoms with Gasteiger partial charge in [0.25, 0.3) is 0 Å². The van der Waals surface area contributed by atoms with Crippen molar-refractivity contribution in [1.82, 2.24) is 0 Å². The molecule has 0 heteroatoms. The minimum Gasteiger partial charge on any atom is -0.0683 e. The molecule has 94 valence electrons. The fraction of sp³-hybridized carbons (Fsp3) is 1.00. The molecule has 0 heterocycles. The van der Waals surface area contributed by atoms with E-state index in [0.717, 1.165) is 22.7 Å². The Labute approximate surface area is 102 Å². The molecule has 1 spiro atoms. The van der Waals surface area contributed by atoms with Crippen molar-refractivity contribution in [1.29, 1.82) is 0 Å². The monoisotopic (exact) mass is 222 g/mol. The maximum atomic E-state index is 2.58. The molecule has 4 unspecified atom stereocenters. The first-order valence-corrected chi connectivity index (χ1v) is 7.65. The first-order valence-electron chi connectivity index (χ1n) is 7.65. The van der Waals surface area contributed by atoms with Gasteiger partial charge in [-0.2, -0.15) is 0 Å². The van der Waals surface area contributed by atoms with E-state index in [1.165, 1.54) is 17.8 Å². The third kappa shape index (κ3) is 0.782. The predicted octanol–water partition coefficient (Wildman–Crippen LogP) is 4.99. The maximum absolute atomic E-state index is 2.58. The summed E-state index contributed by atoms with van der Waals surface area (Å²) in [5.41, 5.74) is 1.73. The Morgan fingerprint density at radius 1 is 0.812 bits per heavy atom. The van der Waals surface area contributed by atoms with Crippen molar-refractivity contribution in [3.05, 3.63) is 0 Å². The second kappa shape index (κ2) is 3.50. The molecule has 0 bridgehead atoms. The summed E-state index contributed by atoms with van der Waals surface area (Å²) in [4.78, 5) is 0. The van der Waals surface area contributed by atoms with Gasteiger partial charge >= 0.3 is 0 Å². The molecule has 4 atom stereocenters. The molecule has 16 heavy (non-hydrogen) atoms. The van der Waals surface area contributed by atoms with Gasteiger partial charge in [0.15, 0.2) is 0 Å². The largest absolute Gasteiger partial charge is 0.0683 e. The molecule has 0 N–H and O–H groups in total. The molecule has 0 amide bonds. The van der Waals surface area contributed by atoms with Gasteiger partial charge in [-0.1, -0.05) is 48.5 Å². The molecule has 4 rings (SSSR count). The van der Waals surface area contributed by atoms with E-state index in [9.17, 15) is 0 Å². The summed E-state index contributed by atoms with van der Waals surface area (Å²) in [5, 5.41) is 0. The van der Waals surface area contributed by atoms with E-state index in [-0.39, 0.29) is 0 Å². The van der Waals surface area contributed by atoms with Crippen LogP contribution in [0.5, 0.6) is 0 Å². The third-order valence-corrected chi connectivity index (χ3v) is 7.01. The number of hydrogen-bond donors (Lipinski definition) is 0. The lowest BCUT2D eigenvalue weighted by Gasteiger charge is -2.96. The van der Waals surface area contributed by atoms with E-state index in [2.05, 4.69) is 20.8 Å². The minimum absolute atomic E-state index is 0.795. The quantitative estimate of drug-likeness (QED) is 0.542. The van der Waals surface area contributed by atoms with Crippen molar-refractivity contribution in [2.75, 3.05) is 0 Å². The summed E-state index contributed by atoms with van der Waals surface area (Å²) in [5.74, 6) is 5.63. The van der Waals surface area contributed by atoms with Gasteiger partial charge in [-0.25, -0.2) is 0 Å². The Morgan fingerprint density at radius 3 is 1.44 bits per heavy atom. The number of rotatable bonds is 0. The van der Waals surface area contributed by atoms with Gasteiger partial charge in [0.1, 0.15) is 0 Å². The van der Waals surface area contributed by atoms with Crippen molar-refractivity contribution in [3.63, 3.8) is 0 Å². The van der Waals surface area contributed by atoms with Gasteiger partial charge in [0.05, 0.1) is 0 Å². The average Bonchev–Trinajstić information content (AvgIpc) is 2.33. The SMILES string of the molecule is CC.CC.CC1C2CC3CC4C(C)C1(C)C324. The van der Waals surface area contributed by atoms with Crippen LogP contribution in [0.25, 0.3) is 0 Å². The summed E-state index contributed by atoms with van der Waals surface area (Å²) >= 11 is 0. The zero-order valence-electron chi connectivity index (χ0n) is 12.3. The number of hydrogen-bond acceptors (Lipinski definition) is 0. The van der Waals surface area contributed by atoms with Crippen LogP contribution in [0.4, 0.5) is 0 Å². The molecule has 4 saturated carbocycles. The van der Waals surface area contributed by atoms with E-state index in [1.54, 1.807) is 12.8 Å². The molecule has 0 radical (unpaired) electrons. The molecule has 0 aromatic heterocycles. The van der Waals surface area contributed by atoms with Crippen LogP contribution in [0.1, 0.15) is 61.3 Å². The van der Waals surface area contributed by atoms with Gasteiger partial charge in [0, 0.05) is 0 Å². The minimum atomic E-state index is 0.795. The lowest BCUT2D eigenvalue weighted by atomic mass is 9.08. The van der Waals surface area contributed by atoms with Crippen LogP contribution in [-0.2, 0) is 0 Å². The van der Waals surface area contributed by atoms with Crippen molar-refractivity contribution >= 4 is 0 Å². The van der Waals surface area contributed by atoms with E-state index in [1.807, 2.05) is 27.7 Å². The maximum Gasteiger partial charge on any atom is -0.0148 e. The highest BCUT2D eigenvalue weighted by Gasteiger charge is 2.91. The standard InChI is InChI=1S/C12H18.2C2H6/c1-6-9-4-8-5-10-7(2)11(6,3)12(8,9)10;2*1-2/h6-10H,4-5H2,1-3H3;2*1-2H3. The zero-order chi connectivity index (χ0) is 12.3. The second-order valence-corrected chi connectivity index (χ2v) is 6.17. The van der Waals surface area contributed by atoms with Gasteiger partial charge in [-0.05, 0) is 53.3 Å². The van der Waals surface area contributed by atoms with E-state index < -0.39 is 0 Å². The van der Waals surface area contributed by atoms with Crippen LogP contribution < -0.4 is 0 Å². The molecule has 4 aliphatic carbocycles. The molecular weight excluding hydrogens is 192 g/mol. The molecule has 0 aromatic rings. The molecular formula is C16H30. The predicted molar refractivity (Wildman–Crippen MR) is 71.3 cm³/mol. The van der Waals surface area contributed by atoms with Crippen molar-refractivity contribution in [3.8, 4) is 0 Å². The Kier molecular flexibility index (Phi) is 2.72. The van der Waals surface area contributed by atoms with Crippen molar-refractivity contribution in [2.45, 2.75) is 61.3 Å². The summed E-state index contributed by atoms with van der Waals surface area (Å²) in [7, 11) is 0. The Bertz CT molecular complexity index is 248. The van der Waals surface area contributed by atoms with Crippen LogP contribution in [0.3, 0.4) is 0 Å². The summed E-state index contributed by atoms with van der Waals surface area (Å²) in [6.45, 7) is 15.6. The lowest BCUT2D eigenvalue weighted by molar-refractivity contribution is -0.484. The van der Waals surface area contributed by atoms with E-state index >= 15 is 0 Å². The molecule has 0 saturated heterocycles. The molecule has 0 aliphatic heterocycles. The molecule has 4 fully saturated rings. The first-order chi connectivity index (χ1) is 7.65. The molecule has 0 nitrogen and oxygen atoms in total. The lowest BCUT2D eigenvalue weighted by Crippen LogP contribution is -2.91. The van der Waals surface area contributed by atoms with Crippen LogP contribution in [0.2, 0.25) is 0 Å². The third-order valence-electron chi connectivity index (χ3n) is 7.01. The van der Waals surface area contributed by atoms with Gasteiger partial charge < -0.3 is 0 Å². The Hall–Kier alpha value is 0. The fourth-order valence-corrected chi connectivity index (χ4v) is 6.37. The second-order valence-electron chi connectivity index (χ2n) is 6.17. The molecule has 4 aliphatic rings. The zero-order valence-corrected chi connectivity index (χ0v) is 12.3. The van der Waals surface area contributed by atoms with Crippen molar-refractivity contribution < 1.29 is 0 Å². The normalized spacial score (nSPS) is 62.1. The molecule has 0 aromatic carbocycles. The topological polar surface area (TPSA) is 0 Å². The van der Waals surface area contributed by atoms with E-state index in [4.69, 9.17) is 0 Å². The Morgan fingerprint density at radius 2 is 1.19 bits per heavy atom. The highest BCUT2D eigenvalue weighted by molar-refractivity contribution is 5.38. The first kappa shape index (κ1) is 12.5. The summed E-state index contributed by atoms with van der Waals surface area (Å²) < 4.78 is 0. The van der Waals surface area contributed by atoms with Gasteiger partial charge in [0.2, 0.25) is 0 Å². The Balaban J connectivity index is 0.000000221. The van der Waals surface area contributed by atoms with Gasteiger partial charge in [-0.15, -0.1) is 0 Å². The smallest absolute Gasteiger partial charge is 0.0148 e. The van der Waals surface area contributed by atoms with Crippen LogP contribution in [-0.4, -0.2) is 0 Å². The van der Waals surface area contributed by atoms with Crippen LogP contribution >= 0.6 is 0 Å². The summed E-state index contributed by atoms with van der Waals surface area (Å²) in [6, 6.07) is 0.